The molecule has 6 heteroatoms. The standard InChI is InChI=1S/C14H19NO4S/c1-15(14(16)11-5-3-4-6-11)20(17,18)13-9-7-12(19-2)8-10-13/h7-11H,3-6H2,1-2H3. The van der Waals surface area contributed by atoms with Crippen molar-refractivity contribution in [2.45, 2.75) is 30.6 Å². The van der Waals surface area contributed by atoms with Gasteiger partial charge in [-0.2, -0.15) is 0 Å². The number of sulfonamides is 1. The summed E-state index contributed by atoms with van der Waals surface area (Å²) in [5.41, 5.74) is 0. The first-order valence-electron chi connectivity index (χ1n) is 6.63. The van der Waals surface area contributed by atoms with Crippen LogP contribution in [0.1, 0.15) is 25.7 Å². The van der Waals surface area contributed by atoms with Crippen LogP contribution in [-0.4, -0.2) is 32.8 Å². The van der Waals surface area contributed by atoms with Gasteiger partial charge in [-0.25, -0.2) is 12.7 Å². The number of rotatable bonds is 4. The number of benzene rings is 1. The highest BCUT2D eigenvalue weighted by atomic mass is 32.2. The van der Waals surface area contributed by atoms with Gasteiger partial charge in [0.05, 0.1) is 12.0 Å². The molecule has 1 saturated carbocycles. The van der Waals surface area contributed by atoms with E-state index in [2.05, 4.69) is 0 Å². The van der Waals surface area contributed by atoms with E-state index in [-0.39, 0.29) is 16.7 Å². The van der Waals surface area contributed by atoms with E-state index in [1.165, 1.54) is 26.3 Å². The Labute approximate surface area is 119 Å². The molecule has 0 unspecified atom stereocenters. The van der Waals surface area contributed by atoms with E-state index in [9.17, 15) is 13.2 Å². The summed E-state index contributed by atoms with van der Waals surface area (Å²) in [6.07, 6.45) is 3.54. The van der Waals surface area contributed by atoms with Crippen molar-refractivity contribution in [1.82, 2.24) is 4.31 Å². The lowest BCUT2D eigenvalue weighted by atomic mass is 10.1. The first-order chi connectivity index (χ1) is 9.46. The summed E-state index contributed by atoms with van der Waals surface area (Å²) in [5.74, 6) is 0.111. The molecule has 5 nitrogen and oxygen atoms in total. The van der Waals surface area contributed by atoms with Gasteiger partial charge in [0, 0.05) is 13.0 Å². The molecule has 1 aromatic rings. The molecule has 0 aliphatic heterocycles. The maximum absolute atomic E-state index is 12.4. The van der Waals surface area contributed by atoms with E-state index < -0.39 is 10.0 Å². The van der Waals surface area contributed by atoms with Crippen LogP contribution in [0.15, 0.2) is 29.2 Å². The molecular formula is C14H19NO4S. The van der Waals surface area contributed by atoms with E-state index >= 15 is 0 Å². The Balaban J connectivity index is 2.21. The molecule has 0 N–H and O–H groups in total. The number of hydrogen-bond donors (Lipinski definition) is 0. The minimum absolute atomic E-state index is 0.104. The molecule has 0 heterocycles. The predicted octanol–water partition coefficient (Wildman–Crippen LogP) is 2.03. The van der Waals surface area contributed by atoms with Gasteiger partial charge < -0.3 is 4.74 Å². The first kappa shape index (κ1) is 14.8. The molecule has 1 aliphatic carbocycles. The molecule has 1 aliphatic rings. The fraction of sp³-hybridized carbons (Fsp3) is 0.500. The largest absolute Gasteiger partial charge is 0.497 e. The SMILES string of the molecule is COc1ccc(S(=O)(=O)N(C)C(=O)C2CCCC2)cc1. The maximum atomic E-state index is 12.4. The van der Waals surface area contributed by atoms with Gasteiger partial charge in [-0.1, -0.05) is 12.8 Å². The minimum Gasteiger partial charge on any atom is -0.497 e. The molecule has 0 bridgehead atoms. The lowest BCUT2D eigenvalue weighted by Gasteiger charge is -2.21. The molecule has 2 rings (SSSR count). The van der Waals surface area contributed by atoms with Gasteiger partial charge in [0.25, 0.3) is 10.0 Å². The molecule has 1 fully saturated rings. The summed E-state index contributed by atoms with van der Waals surface area (Å²) in [4.78, 5) is 12.3. The zero-order valence-electron chi connectivity index (χ0n) is 11.7. The number of carbonyl (C=O) groups excluding carboxylic acids is 1. The summed E-state index contributed by atoms with van der Waals surface area (Å²) in [5, 5.41) is 0. The molecule has 0 atom stereocenters. The van der Waals surface area contributed by atoms with Gasteiger partial charge in [-0.05, 0) is 37.1 Å². The van der Waals surface area contributed by atoms with Crippen molar-refractivity contribution in [3.8, 4) is 5.75 Å². The predicted molar refractivity (Wildman–Crippen MR) is 74.9 cm³/mol. The third-order valence-corrected chi connectivity index (χ3v) is 5.50. The van der Waals surface area contributed by atoms with Crippen LogP contribution >= 0.6 is 0 Å². The van der Waals surface area contributed by atoms with Crippen LogP contribution < -0.4 is 4.74 Å². The van der Waals surface area contributed by atoms with Gasteiger partial charge >= 0.3 is 0 Å². The Hall–Kier alpha value is -1.56. The summed E-state index contributed by atoms with van der Waals surface area (Å²) in [7, 11) is -0.926. The third-order valence-electron chi connectivity index (χ3n) is 3.73. The Bertz CT molecular complexity index is 574. The summed E-state index contributed by atoms with van der Waals surface area (Å²) in [6, 6.07) is 6.04. The number of amides is 1. The minimum atomic E-state index is -3.77. The van der Waals surface area contributed by atoms with Crippen LogP contribution in [0.2, 0.25) is 0 Å². The fourth-order valence-corrected chi connectivity index (χ4v) is 3.64. The molecule has 20 heavy (non-hydrogen) atoms. The van der Waals surface area contributed by atoms with Gasteiger partial charge in [0.2, 0.25) is 5.91 Å². The Morgan fingerprint density at radius 2 is 1.75 bits per heavy atom. The van der Waals surface area contributed by atoms with Crippen LogP contribution in [0.3, 0.4) is 0 Å². The number of nitrogens with zero attached hydrogens (tertiary/aromatic N) is 1. The number of ether oxygens (including phenoxy) is 1. The van der Waals surface area contributed by atoms with Crippen LogP contribution in [-0.2, 0) is 14.8 Å². The molecule has 0 radical (unpaired) electrons. The quantitative estimate of drug-likeness (QED) is 0.853. The van der Waals surface area contributed by atoms with Crippen molar-refractivity contribution >= 4 is 15.9 Å². The van der Waals surface area contributed by atoms with Gasteiger partial charge in [-0.3, -0.25) is 4.79 Å². The molecule has 110 valence electrons. The van der Waals surface area contributed by atoms with E-state index in [0.717, 1.165) is 30.0 Å². The lowest BCUT2D eigenvalue weighted by Crippen LogP contribution is -2.36. The van der Waals surface area contributed by atoms with Crippen molar-refractivity contribution in [3.63, 3.8) is 0 Å². The highest BCUT2D eigenvalue weighted by Crippen LogP contribution is 2.28. The molecule has 0 saturated heterocycles. The van der Waals surface area contributed by atoms with Crippen molar-refractivity contribution in [2.24, 2.45) is 5.92 Å². The van der Waals surface area contributed by atoms with Gasteiger partial charge in [0.15, 0.2) is 0 Å². The number of carbonyl (C=O) groups is 1. The second-order valence-electron chi connectivity index (χ2n) is 4.97. The van der Waals surface area contributed by atoms with Crippen LogP contribution in [0.4, 0.5) is 0 Å². The first-order valence-corrected chi connectivity index (χ1v) is 8.07. The summed E-state index contributed by atoms with van der Waals surface area (Å²) in [6.45, 7) is 0. The molecular weight excluding hydrogens is 278 g/mol. The molecule has 0 spiro atoms. The average Bonchev–Trinajstić information content (AvgIpc) is 3.00. The van der Waals surface area contributed by atoms with Gasteiger partial charge in [0.1, 0.15) is 5.75 Å². The fourth-order valence-electron chi connectivity index (χ4n) is 2.45. The second-order valence-corrected chi connectivity index (χ2v) is 6.94. The number of hydrogen-bond acceptors (Lipinski definition) is 4. The maximum Gasteiger partial charge on any atom is 0.266 e. The summed E-state index contributed by atoms with van der Waals surface area (Å²) >= 11 is 0. The smallest absolute Gasteiger partial charge is 0.266 e. The second kappa shape index (κ2) is 5.83. The third kappa shape index (κ3) is 2.80. The summed E-state index contributed by atoms with van der Waals surface area (Å²) < 4.78 is 30.7. The normalized spacial score (nSPS) is 16.1. The van der Waals surface area contributed by atoms with E-state index in [0.29, 0.717) is 5.75 Å². The molecule has 1 amide bonds. The Morgan fingerprint density at radius 1 is 1.20 bits per heavy atom. The van der Waals surface area contributed by atoms with E-state index in [1.54, 1.807) is 12.1 Å². The van der Waals surface area contributed by atoms with Crippen molar-refractivity contribution in [2.75, 3.05) is 14.2 Å². The Morgan fingerprint density at radius 3 is 2.25 bits per heavy atom. The Kier molecular flexibility index (Phi) is 4.32. The molecule has 0 aromatic heterocycles. The van der Waals surface area contributed by atoms with Crippen LogP contribution in [0.5, 0.6) is 5.75 Å². The molecule has 1 aromatic carbocycles. The highest BCUT2D eigenvalue weighted by molar-refractivity contribution is 7.89. The lowest BCUT2D eigenvalue weighted by molar-refractivity contribution is -0.129. The highest BCUT2D eigenvalue weighted by Gasteiger charge is 2.32. The van der Waals surface area contributed by atoms with Gasteiger partial charge in [-0.15, -0.1) is 0 Å². The monoisotopic (exact) mass is 297 g/mol. The average molecular weight is 297 g/mol. The van der Waals surface area contributed by atoms with Crippen LogP contribution in [0.25, 0.3) is 0 Å². The number of methoxy groups -OCH3 is 1. The zero-order chi connectivity index (χ0) is 14.8. The topological polar surface area (TPSA) is 63.7 Å². The van der Waals surface area contributed by atoms with Crippen LogP contribution in [0, 0.1) is 5.92 Å². The van der Waals surface area contributed by atoms with E-state index in [1.807, 2.05) is 0 Å². The van der Waals surface area contributed by atoms with Crippen molar-refractivity contribution in [1.29, 1.82) is 0 Å². The zero-order valence-corrected chi connectivity index (χ0v) is 12.5. The van der Waals surface area contributed by atoms with E-state index in [4.69, 9.17) is 4.74 Å². The van der Waals surface area contributed by atoms with Crippen molar-refractivity contribution in [3.05, 3.63) is 24.3 Å². The van der Waals surface area contributed by atoms with Crippen molar-refractivity contribution < 1.29 is 17.9 Å².